The Bertz CT molecular complexity index is 1510. The van der Waals surface area contributed by atoms with E-state index in [0.29, 0.717) is 27.0 Å². The second-order valence-corrected chi connectivity index (χ2v) is 10.2. The quantitative estimate of drug-likeness (QED) is 0.196. The van der Waals surface area contributed by atoms with Gasteiger partial charge in [-0.25, -0.2) is 4.98 Å². The highest BCUT2D eigenvalue weighted by Crippen LogP contribution is 2.46. The maximum absolute atomic E-state index is 13.4. The number of Topliss-reactive ketones (excluding diaryl/α,β-unsaturated/α-hetero) is 1. The number of nitrogens with zero attached hydrogens (tertiary/aromatic N) is 2. The number of carbonyl (C=O) groups excluding carboxylic acids is 2. The van der Waals surface area contributed by atoms with Gasteiger partial charge in [-0.1, -0.05) is 29.0 Å². The summed E-state index contributed by atoms with van der Waals surface area (Å²) in [6.07, 6.45) is 0. The SMILES string of the molecule is COc1ccc(Cl)c(/C(O)=C2\C(=O)C(=O)N(c3nc4cc(C)c(OC)cc4s3)C2c2cccs2)c1. The van der Waals surface area contributed by atoms with E-state index in [4.69, 9.17) is 21.1 Å². The topological polar surface area (TPSA) is 89.0 Å². The molecule has 0 radical (unpaired) electrons. The summed E-state index contributed by atoms with van der Waals surface area (Å²) in [5.41, 5.74) is 1.74. The van der Waals surface area contributed by atoms with Gasteiger partial charge in [0.2, 0.25) is 0 Å². The number of aromatic nitrogens is 1. The van der Waals surface area contributed by atoms with Crippen molar-refractivity contribution in [3.05, 3.63) is 74.4 Å². The fourth-order valence-electron chi connectivity index (χ4n) is 4.07. The Morgan fingerprint density at radius 3 is 2.63 bits per heavy atom. The second-order valence-electron chi connectivity index (χ2n) is 7.82. The van der Waals surface area contributed by atoms with Gasteiger partial charge in [0.1, 0.15) is 23.3 Å². The monoisotopic (exact) mass is 526 g/mol. The molecular weight excluding hydrogens is 508 g/mol. The standard InChI is InChI=1S/C25H19ClN2O5S2/c1-12-9-16-19(11-17(12)33-3)35-25(27-16)28-21(18-5-4-8-34-18)20(23(30)24(28)31)22(29)14-10-13(32-2)6-7-15(14)26/h4-11,21,29H,1-3H3/b22-20+. The number of ether oxygens (including phenoxy) is 2. The molecule has 1 saturated heterocycles. The first-order valence-corrected chi connectivity index (χ1v) is 12.5. The average molecular weight is 527 g/mol. The lowest BCUT2D eigenvalue weighted by Crippen LogP contribution is -2.28. The van der Waals surface area contributed by atoms with Gasteiger partial charge in [0.15, 0.2) is 5.13 Å². The highest BCUT2D eigenvalue weighted by molar-refractivity contribution is 7.22. The molecule has 5 rings (SSSR count). The van der Waals surface area contributed by atoms with E-state index in [0.717, 1.165) is 10.3 Å². The highest BCUT2D eigenvalue weighted by Gasteiger charge is 2.48. The molecule has 2 aromatic carbocycles. The van der Waals surface area contributed by atoms with E-state index in [2.05, 4.69) is 4.98 Å². The molecule has 3 heterocycles. The number of methoxy groups -OCH3 is 2. The number of aryl methyl sites for hydroxylation is 1. The van der Waals surface area contributed by atoms with Crippen molar-refractivity contribution in [2.24, 2.45) is 0 Å². The number of benzene rings is 2. The van der Waals surface area contributed by atoms with E-state index in [1.54, 1.807) is 19.2 Å². The Morgan fingerprint density at radius 1 is 1.14 bits per heavy atom. The number of aliphatic hydroxyl groups is 1. The van der Waals surface area contributed by atoms with Crippen molar-refractivity contribution in [3.8, 4) is 11.5 Å². The van der Waals surface area contributed by atoms with Crippen LogP contribution in [-0.4, -0.2) is 36.0 Å². The summed E-state index contributed by atoms with van der Waals surface area (Å²) in [6.45, 7) is 1.91. The molecule has 1 unspecified atom stereocenters. The molecule has 2 aromatic heterocycles. The van der Waals surface area contributed by atoms with Gasteiger partial charge in [-0.15, -0.1) is 11.3 Å². The van der Waals surface area contributed by atoms with Crippen LogP contribution in [0, 0.1) is 6.92 Å². The van der Waals surface area contributed by atoms with Gasteiger partial charge < -0.3 is 14.6 Å². The van der Waals surface area contributed by atoms with E-state index in [1.165, 1.54) is 40.7 Å². The van der Waals surface area contributed by atoms with Crippen LogP contribution < -0.4 is 14.4 Å². The molecule has 4 aromatic rings. The zero-order valence-corrected chi connectivity index (χ0v) is 21.3. The van der Waals surface area contributed by atoms with Crippen LogP contribution in [0.2, 0.25) is 5.02 Å². The minimum absolute atomic E-state index is 0.0550. The first kappa shape index (κ1) is 23.3. The minimum Gasteiger partial charge on any atom is -0.507 e. The Hall–Kier alpha value is -3.40. The Kier molecular flexibility index (Phi) is 6.00. The van der Waals surface area contributed by atoms with Crippen LogP contribution in [0.4, 0.5) is 5.13 Å². The summed E-state index contributed by atoms with van der Waals surface area (Å²) < 4.78 is 11.5. The lowest BCUT2D eigenvalue weighted by atomic mass is 9.99. The first-order chi connectivity index (χ1) is 16.8. The molecule has 178 valence electrons. The number of anilines is 1. The number of aliphatic hydroxyl groups excluding tert-OH is 1. The number of rotatable bonds is 5. The second kappa shape index (κ2) is 8.99. The van der Waals surface area contributed by atoms with Gasteiger partial charge in [0, 0.05) is 10.4 Å². The summed E-state index contributed by atoms with van der Waals surface area (Å²) in [5.74, 6) is -0.795. The van der Waals surface area contributed by atoms with Crippen LogP contribution in [0.15, 0.2) is 53.4 Å². The number of thiophene rings is 1. The summed E-state index contributed by atoms with van der Waals surface area (Å²) in [7, 11) is 3.08. The predicted octanol–water partition coefficient (Wildman–Crippen LogP) is 5.96. The van der Waals surface area contributed by atoms with Crippen LogP contribution in [0.25, 0.3) is 16.0 Å². The largest absolute Gasteiger partial charge is 0.507 e. The summed E-state index contributed by atoms with van der Waals surface area (Å²) in [5, 5.41) is 13.7. The van der Waals surface area contributed by atoms with Crippen molar-refractivity contribution in [3.63, 3.8) is 0 Å². The normalized spacial score (nSPS) is 17.4. The maximum Gasteiger partial charge on any atom is 0.301 e. The molecule has 7 nitrogen and oxygen atoms in total. The number of hydrogen-bond donors (Lipinski definition) is 1. The summed E-state index contributed by atoms with van der Waals surface area (Å²) >= 11 is 9.00. The number of fused-ring (bicyclic) bond motifs is 1. The maximum atomic E-state index is 13.4. The number of amides is 1. The summed E-state index contributed by atoms with van der Waals surface area (Å²) in [6, 6.07) is 11.3. The molecule has 1 aliphatic rings. The molecule has 35 heavy (non-hydrogen) atoms. The average Bonchev–Trinajstić information content (AvgIpc) is 3.57. The fraction of sp³-hybridized carbons (Fsp3) is 0.160. The first-order valence-electron chi connectivity index (χ1n) is 10.5. The van der Waals surface area contributed by atoms with Gasteiger partial charge in [-0.2, -0.15) is 0 Å². The number of halogens is 1. The molecule has 1 atom stereocenters. The molecule has 1 aliphatic heterocycles. The summed E-state index contributed by atoms with van der Waals surface area (Å²) in [4.78, 5) is 33.4. The number of hydrogen-bond acceptors (Lipinski definition) is 8. The lowest BCUT2D eigenvalue weighted by molar-refractivity contribution is -0.132. The van der Waals surface area contributed by atoms with Crippen molar-refractivity contribution in [2.45, 2.75) is 13.0 Å². The van der Waals surface area contributed by atoms with E-state index in [9.17, 15) is 14.7 Å². The number of carbonyl (C=O) groups is 2. The van der Waals surface area contributed by atoms with Crippen LogP contribution in [-0.2, 0) is 9.59 Å². The third kappa shape index (κ3) is 3.85. The minimum atomic E-state index is -0.860. The van der Waals surface area contributed by atoms with Crippen LogP contribution in [0.1, 0.15) is 22.0 Å². The smallest absolute Gasteiger partial charge is 0.301 e. The molecule has 1 fully saturated rings. The Labute approximate surface area is 213 Å². The zero-order chi connectivity index (χ0) is 24.9. The van der Waals surface area contributed by atoms with Gasteiger partial charge in [-0.05, 0) is 54.3 Å². The van der Waals surface area contributed by atoms with E-state index >= 15 is 0 Å². The van der Waals surface area contributed by atoms with E-state index in [1.807, 2.05) is 36.6 Å². The van der Waals surface area contributed by atoms with Gasteiger partial charge in [-0.3, -0.25) is 14.5 Å². The molecule has 0 saturated carbocycles. The number of ketones is 1. The molecular formula is C25H19ClN2O5S2. The van der Waals surface area contributed by atoms with Crippen molar-refractivity contribution in [1.29, 1.82) is 0 Å². The third-order valence-corrected chi connectivity index (χ3v) is 8.06. The van der Waals surface area contributed by atoms with Crippen LogP contribution in [0.3, 0.4) is 0 Å². The Balaban J connectivity index is 1.72. The van der Waals surface area contributed by atoms with Crippen molar-refractivity contribution < 1.29 is 24.2 Å². The van der Waals surface area contributed by atoms with Crippen molar-refractivity contribution in [2.75, 3.05) is 19.1 Å². The molecule has 1 amide bonds. The Morgan fingerprint density at radius 2 is 1.94 bits per heavy atom. The van der Waals surface area contributed by atoms with Gasteiger partial charge in [0.05, 0.1) is 35.0 Å². The molecule has 10 heteroatoms. The molecule has 0 bridgehead atoms. The van der Waals surface area contributed by atoms with Gasteiger partial charge in [0.25, 0.3) is 5.78 Å². The van der Waals surface area contributed by atoms with Crippen LogP contribution >= 0.6 is 34.3 Å². The predicted molar refractivity (Wildman–Crippen MR) is 138 cm³/mol. The molecule has 0 aliphatic carbocycles. The van der Waals surface area contributed by atoms with E-state index in [-0.39, 0.29) is 21.9 Å². The lowest BCUT2D eigenvalue weighted by Gasteiger charge is -2.21. The van der Waals surface area contributed by atoms with Crippen LogP contribution in [0.5, 0.6) is 11.5 Å². The van der Waals surface area contributed by atoms with Crippen molar-refractivity contribution >= 4 is 67.1 Å². The zero-order valence-electron chi connectivity index (χ0n) is 18.9. The van der Waals surface area contributed by atoms with Crippen molar-refractivity contribution in [1.82, 2.24) is 4.98 Å². The number of thiazole rings is 1. The van der Waals surface area contributed by atoms with Gasteiger partial charge >= 0.3 is 5.91 Å². The fourth-order valence-corrected chi connectivity index (χ4v) is 6.11. The highest BCUT2D eigenvalue weighted by atomic mass is 35.5. The molecule has 1 N–H and O–H groups in total. The van der Waals surface area contributed by atoms with E-state index < -0.39 is 17.7 Å². The molecule has 0 spiro atoms. The third-order valence-electron chi connectivity index (χ3n) is 5.79.